The molecule has 0 aliphatic carbocycles. The van der Waals surface area contributed by atoms with Gasteiger partial charge in [-0.2, -0.15) is 0 Å². The van der Waals surface area contributed by atoms with Crippen LogP contribution in [0.3, 0.4) is 0 Å². The molecule has 1 aromatic carbocycles. The zero-order chi connectivity index (χ0) is 15.3. The molecule has 0 aliphatic heterocycles. The number of carbonyl (C=O) groups is 2. The molecule has 0 bridgehead atoms. The van der Waals surface area contributed by atoms with E-state index in [0.717, 1.165) is 12.1 Å². The Hall–Kier alpha value is -1.82. The number of amides is 3. The first-order valence-corrected chi connectivity index (χ1v) is 6.25. The van der Waals surface area contributed by atoms with Gasteiger partial charge in [0.15, 0.2) is 6.61 Å². The lowest BCUT2D eigenvalue weighted by Gasteiger charge is -2.20. The Morgan fingerprint density at radius 3 is 2.55 bits per heavy atom. The van der Waals surface area contributed by atoms with Gasteiger partial charge in [0, 0.05) is 5.54 Å². The van der Waals surface area contributed by atoms with Gasteiger partial charge >= 0.3 is 6.03 Å². The summed E-state index contributed by atoms with van der Waals surface area (Å²) in [7, 11) is 0. The standard InChI is InChI=1S/C13H16ClFN2O3/c1-13(2,3)17-12(19)16-11(18)7-20-10-5-4-8(15)6-9(10)14/h4-6H,7H2,1-3H3,(H2,16,17,18,19). The quantitative estimate of drug-likeness (QED) is 0.901. The predicted molar refractivity (Wildman–Crippen MR) is 73.3 cm³/mol. The van der Waals surface area contributed by atoms with Crippen molar-refractivity contribution in [2.24, 2.45) is 0 Å². The first-order valence-electron chi connectivity index (χ1n) is 5.87. The number of imide groups is 1. The van der Waals surface area contributed by atoms with Crippen LogP contribution in [0.15, 0.2) is 18.2 Å². The summed E-state index contributed by atoms with van der Waals surface area (Å²) in [4.78, 5) is 22.9. The van der Waals surface area contributed by atoms with E-state index in [1.807, 2.05) is 0 Å². The van der Waals surface area contributed by atoms with Gasteiger partial charge in [0.1, 0.15) is 11.6 Å². The fourth-order valence-corrected chi connectivity index (χ4v) is 1.49. The van der Waals surface area contributed by atoms with Gasteiger partial charge in [-0.25, -0.2) is 9.18 Å². The van der Waals surface area contributed by atoms with Gasteiger partial charge in [-0.1, -0.05) is 11.6 Å². The highest BCUT2D eigenvalue weighted by Gasteiger charge is 2.16. The highest BCUT2D eigenvalue weighted by atomic mass is 35.5. The maximum atomic E-state index is 12.8. The second kappa shape index (κ2) is 6.56. The maximum Gasteiger partial charge on any atom is 0.321 e. The molecule has 3 amide bonds. The number of nitrogens with one attached hydrogen (secondary N) is 2. The van der Waals surface area contributed by atoms with Crippen LogP contribution in [0.5, 0.6) is 5.75 Å². The van der Waals surface area contributed by atoms with E-state index in [-0.39, 0.29) is 10.8 Å². The predicted octanol–water partition coefficient (Wildman–Crippen LogP) is 2.48. The van der Waals surface area contributed by atoms with Gasteiger partial charge < -0.3 is 10.1 Å². The summed E-state index contributed by atoms with van der Waals surface area (Å²) in [5.41, 5.74) is -0.453. The Bertz CT molecular complexity index is 515. The molecule has 0 saturated heterocycles. The molecular weight excluding hydrogens is 287 g/mol. The fraction of sp³-hybridized carbons (Fsp3) is 0.385. The number of hydrogen-bond donors (Lipinski definition) is 2. The van der Waals surface area contributed by atoms with Crippen LogP contribution in [-0.2, 0) is 4.79 Å². The van der Waals surface area contributed by atoms with Gasteiger partial charge in [0.25, 0.3) is 5.91 Å². The van der Waals surface area contributed by atoms with Crippen LogP contribution < -0.4 is 15.4 Å². The van der Waals surface area contributed by atoms with E-state index in [1.54, 1.807) is 20.8 Å². The highest BCUT2D eigenvalue weighted by Crippen LogP contribution is 2.24. The number of benzene rings is 1. The number of hydrogen-bond acceptors (Lipinski definition) is 3. The Labute approximate surface area is 121 Å². The number of rotatable bonds is 3. The van der Waals surface area contributed by atoms with E-state index in [0.29, 0.717) is 0 Å². The third-order valence-electron chi connectivity index (χ3n) is 1.99. The van der Waals surface area contributed by atoms with E-state index >= 15 is 0 Å². The van der Waals surface area contributed by atoms with Crippen LogP contribution in [0.2, 0.25) is 5.02 Å². The highest BCUT2D eigenvalue weighted by molar-refractivity contribution is 6.32. The topological polar surface area (TPSA) is 67.4 Å². The van der Waals surface area contributed by atoms with Crippen molar-refractivity contribution in [2.75, 3.05) is 6.61 Å². The van der Waals surface area contributed by atoms with E-state index < -0.39 is 29.9 Å². The van der Waals surface area contributed by atoms with Crippen LogP contribution in [-0.4, -0.2) is 24.1 Å². The van der Waals surface area contributed by atoms with Crippen LogP contribution in [0, 0.1) is 5.82 Å². The lowest BCUT2D eigenvalue weighted by molar-refractivity contribution is -0.122. The van der Waals surface area contributed by atoms with Gasteiger partial charge in [0.05, 0.1) is 5.02 Å². The first kappa shape index (κ1) is 16.2. The Balaban J connectivity index is 2.46. The second-order valence-corrected chi connectivity index (χ2v) is 5.52. The molecule has 0 atom stereocenters. The fourth-order valence-electron chi connectivity index (χ4n) is 1.27. The molecule has 2 N–H and O–H groups in total. The van der Waals surface area contributed by atoms with Crippen molar-refractivity contribution in [2.45, 2.75) is 26.3 Å². The summed E-state index contributed by atoms with van der Waals surface area (Å²) < 4.78 is 17.9. The van der Waals surface area contributed by atoms with Gasteiger partial charge in [0.2, 0.25) is 0 Å². The summed E-state index contributed by atoms with van der Waals surface area (Å²) in [6, 6.07) is 2.92. The molecule has 0 fully saturated rings. The molecule has 20 heavy (non-hydrogen) atoms. The van der Waals surface area contributed by atoms with E-state index in [2.05, 4.69) is 10.6 Å². The summed E-state index contributed by atoms with van der Waals surface area (Å²) >= 11 is 5.73. The summed E-state index contributed by atoms with van der Waals surface area (Å²) in [5, 5.41) is 4.72. The average molecular weight is 303 g/mol. The number of ether oxygens (including phenoxy) is 1. The van der Waals surface area contributed by atoms with Gasteiger partial charge in [-0.15, -0.1) is 0 Å². The summed E-state index contributed by atoms with van der Waals surface area (Å²) in [6.07, 6.45) is 0. The Morgan fingerprint density at radius 2 is 2.00 bits per heavy atom. The van der Waals surface area contributed by atoms with E-state index in [4.69, 9.17) is 16.3 Å². The molecule has 5 nitrogen and oxygen atoms in total. The minimum Gasteiger partial charge on any atom is -0.482 e. The molecule has 0 aliphatic rings. The third kappa shape index (κ3) is 5.88. The monoisotopic (exact) mass is 302 g/mol. The van der Waals surface area contributed by atoms with Crippen LogP contribution >= 0.6 is 11.6 Å². The maximum absolute atomic E-state index is 12.8. The third-order valence-corrected chi connectivity index (χ3v) is 2.29. The molecule has 0 spiro atoms. The van der Waals surface area contributed by atoms with Crippen molar-refractivity contribution in [1.82, 2.24) is 10.6 Å². The normalized spacial score (nSPS) is 10.8. The minimum atomic E-state index is -0.632. The van der Waals surface area contributed by atoms with Crippen molar-refractivity contribution < 1.29 is 18.7 Å². The molecule has 0 heterocycles. The SMILES string of the molecule is CC(C)(C)NC(=O)NC(=O)COc1ccc(F)cc1Cl. The van der Waals surface area contributed by atoms with Gasteiger partial charge in [-0.05, 0) is 39.0 Å². The smallest absolute Gasteiger partial charge is 0.321 e. The molecule has 110 valence electrons. The van der Waals surface area contributed by atoms with Gasteiger partial charge in [-0.3, -0.25) is 10.1 Å². The van der Waals surface area contributed by atoms with Crippen LogP contribution in [0.4, 0.5) is 9.18 Å². The Morgan fingerprint density at radius 1 is 1.35 bits per heavy atom. The van der Waals surface area contributed by atoms with E-state index in [9.17, 15) is 14.0 Å². The molecule has 0 saturated carbocycles. The van der Waals surface area contributed by atoms with Crippen molar-refractivity contribution in [3.63, 3.8) is 0 Å². The largest absolute Gasteiger partial charge is 0.482 e. The first-order chi connectivity index (χ1) is 9.17. The molecule has 0 radical (unpaired) electrons. The minimum absolute atomic E-state index is 0.0527. The molecular formula is C13H16ClFN2O3. The summed E-state index contributed by atoms with van der Waals surface area (Å²) in [5.74, 6) is -0.969. The molecule has 7 heteroatoms. The van der Waals surface area contributed by atoms with Crippen molar-refractivity contribution in [1.29, 1.82) is 0 Å². The number of urea groups is 1. The number of halogens is 2. The van der Waals surface area contributed by atoms with Crippen molar-refractivity contribution >= 4 is 23.5 Å². The molecule has 0 aromatic heterocycles. The molecule has 1 rings (SSSR count). The second-order valence-electron chi connectivity index (χ2n) is 5.12. The number of carbonyl (C=O) groups excluding carboxylic acids is 2. The molecule has 1 aromatic rings. The average Bonchev–Trinajstić information content (AvgIpc) is 2.24. The molecule has 0 unspecified atom stereocenters. The van der Waals surface area contributed by atoms with Crippen molar-refractivity contribution in [3.8, 4) is 5.75 Å². The zero-order valence-electron chi connectivity index (χ0n) is 11.4. The summed E-state index contributed by atoms with van der Waals surface area (Å²) in [6.45, 7) is 4.95. The van der Waals surface area contributed by atoms with Crippen LogP contribution in [0.1, 0.15) is 20.8 Å². The lowest BCUT2D eigenvalue weighted by atomic mass is 10.1. The van der Waals surface area contributed by atoms with Crippen molar-refractivity contribution in [3.05, 3.63) is 29.0 Å². The zero-order valence-corrected chi connectivity index (χ0v) is 12.2. The van der Waals surface area contributed by atoms with Crippen LogP contribution in [0.25, 0.3) is 0 Å². The van der Waals surface area contributed by atoms with E-state index in [1.165, 1.54) is 6.07 Å². The lowest BCUT2D eigenvalue weighted by Crippen LogP contribution is -2.49. The Kier molecular flexibility index (Phi) is 5.33.